The number of hydrogen-bond acceptors (Lipinski definition) is 5. The number of halogens is 1. The van der Waals surface area contributed by atoms with Crippen LogP contribution in [0.15, 0.2) is 59.1 Å². The highest BCUT2D eigenvalue weighted by molar-refractivity contribution is 9.10. The summed E-state index contributed by atoms with van der Waals surface area (Å²) in [5.41, 5.74) is 2.88. The number of carbonyl (C=O) groups excluding carboxylic acids is 2. The smallest absolute Gasteiger partial charge is 0.265 e. The van der Waals surface area contributed by atoms with Gasteiger partial charge in [-0.25, -0.2) is 4.98 Å². The average Bonchev–Trinajstić information content (AvgIpc) is 3.33. The monoisotopic (exact) mass is 497 g/mol. The molecule has 0 atom stereocenters. The van der Waals surface area contributed by atoms with E-state index in [0.717, 1.165) is 26.5 Å². The van der Waals surface area contributed by atoms with Gasteiger partial charge >= 0.3 is 0 Å². The zero-order valence-electron chi connectivity index (χ0n) is 17.1. The van der Waals surface area contributed by atoms with E-state index in [1.54, 1.807) is 37.4 Å². The van der Waals surface area contributed by atoms with Crippen LogP contribution < -0.4 is 15.5 Å². The predicted molar refractivity (Wildman–Crippen MR) is 129 cm³/mol. The number of hydrogen-bond donors (Lipinski definition) is 2. The van der Waals surface area contributed by atoms with E-state index in [1.165, 1.54) is 11.3 Å². The molecule has 2 aromatic carbocycles. The second-order valence-corrected chi connectivity index (χ2v) is 8.98. The van der Waals surface area contributed by atoms with Crippen molar-refractivity contribution in [3.63, 3.8) is 0 Å². The van der Waals surface area contributed by atoms with Crippen LogP contribution in [0.1, 0.15) is 20.0 Å². The molecule has 0 saturated heterocycles. The number of aromatic nitrogens is 2. The van der Waals surface area contributed by atoms with Crippen LogP contribution >= 0.6 is 27.3 Å². The Hall–Kier alpha value is -3.17. The zero-order valence-corrected chi connectivity index (χ0v) is 19.5. The number of thiophene rings is 1. The minimum absolute atomic E-state index is 0.171. The van der Waals surface area contributed by atoms with Gasteiger partial charge in [-0.05, 0) is 54.6 Å². The van der Waals surface area contributed by atoms with E-state index < -0.39 is 0 Å². The molecular weight excluding hydrogens is 478 g/mol. The van der Waals surface area contributed by atoms with Crippen LogP contribution in [-0.2, 0) is 0 Å². The van der Waals surface area contributed by atoms with Crippen molar-refractivity contribution >= 4 is 61.1 Å². The Morgan fingerprint density at radius 3 is 2.32 bits per heavy atom. The van der Waals surface area contributed by atoms with E-state index in [-0.39, 0.29) is 11.8 Å². The molecule has 0 aliphatic carbocycles. The molecule has 2 N–H and O–H groups in total. The highest BCUT2D eigenvalue weighted by Gasteiger charge is 2.20. The lowest BCUT2D eigenvalue weighted by Crippen LogP contribution is -2.17. The molecule has 31 heavy (non-hydrogen) atoms. The molecule has 7 nitrogen and oxygen atoms in total. The Bertz CT molecular complexity index is 1260. The first-order valence-electron chi connectivity index (χ1n) is 9.46. The summed E-state index contributed by atoms with van der Waals surface area (Å²) < 4.78 is 3.04. The van der Waals surface area contributed by atoms with Crippen LogP contribution in [0.4, 0.5) is 11.6 Å². The van der Waals surface area contributed by atoms with Crippen molar-refractivity contribution in [1.82, 2.24) is 14.9 Å². The zero-order chi connectivity index (χ0) is 22.1. The Morgan fingerprint density at radius 2 is 1.71 bits per heavy atom. The predicted octanol–water partition coefficient (Wildman–Crippen LogP) is 4.53. The number of rotatable bonds is 5. The molecule has 4 rings (SSSR count). The van der Waals surface area contributed by atoms with Gasteiger partial charge in [-0.15, -0.1) is 11.3 Å². The minimum Gasteiger partial charge on any atom is -0.355 e. The lowest BCUT2D eigenvalue weighted by atomic mass is 10.2. The summed E-state index contributed by atoms with van der Waals surface area (Å²) in [7, 11) is 5.46. The van der Waals surface area contributed by atoms with E-state index in [1.807, 2.05) is 47.8 Å². The van der Waals surface area contributed by atoms with Crippen LogP contribution in [0, 0.1) is 0 Å². The molecule has 0 saturated carbocycles. The summed E-state index contributed by atoms with van der Waals surface area (Å²) in [4.78, 5) is 32.6. The molecule has 158 valence electrons. The highest BCUT2D eigenvalue weighted by atomic mass is 79.9. The van der Waals surface area contributed by atoms with E-state index in [2.05, 4.69) is 26.6 Å². The minimum atomic E-state index is -0.218. The van der Waals surface area contributed by atoms with Crippen LogP contribution in [0.3, 0.4) is 0 Å². The van der Waals surface area contributed by atoms with Gasteiger partial charge in [0.1, 0.15) is 10.3 Å². The maximum absolute atomic E-state index is 12.8. The van der Waals surface area contributed by atoms with Gasteiger partial charge in [-0.2, -0.15) is 0 Å². The number of fused-ring (bicyclic) bond motifs is 1. The molecular formula is C22H20BrN5O2S. The largest absolute Gasteiger partial charge is 0.355 e. The van der Waals surface area contributed by atoms with E-state index in [9.17, 15) is 9.59 Å². The first-order chi connectivity index (χ1) is 14.9. The topological polar surface area (TPSA) is 79.3 Å². The summed E-state index contributed by atoms with van der Waals surface area (Å²) in [6, 6.07) is 16.5. The van der Waals surface area contributed by atoms with E-state index in [4.69, 9.17) is 4.98 Å². The van der Waals surface area contributed by atoms with Crippen LogP contribution in [-0.4, -0.2) is 42.5 Å². The van der Waals surface area contributed by atoms with Crippen molar-refractivity contribution in [1.29, 1.82) is 0 Å². The van der Waals surface area contributed by atoms with Crippen LogP contribution in [0.25, 0.3) is 16.0 Å². The van der Waals surface area contributed by atoms with E-state index in [0.29, 0.717) is 16.1 Å². The van der Waals surface area contributed by atoms with Crippen molar-refractivity contribution in [3.8, 4) is 5.69 Å². The number of anilines is 2. The number of nitrogens with zero attached hydrogens (tertiary/aromatic N) is 3. The third-order valence-electron chi connectivity index (χ3n) is 4.66. The van der Waals surface area contributed by atoms with Gasteiger partial charge in [0.05, 0.1) is 4.88 Å². The van der Waals surface area contributed by atoms with Gasteiger partial charge in [-0.3, -0.25) is 14.2 Å². The Balaban J connectivity index is 1.65. The normalized spacial score (nSPS) is 10.8. The molecule has 0 bridgehead atoms. The summed E-state index contributed by atoms with van der Waals surface area (Å²) in [5, 5.41) is 5.46. The summed E-state index contributed by atoms with van der Waals surface area (Å²) in [6.07, 6.45) is 0. The molecule has 0 aliphatic rings. The molecule has 2 aromatic heterocycles. The van der Waals surface area contributed by atoms with Crippen molar-refractivity contribution < 1.29 is 9.59 Å². The molecule has 0 spiro atoms. The molecule has 0 unspecified atom stereocenters. The fraction of sp³-hybridized carbons (Fsp3) is 0.136. The number of carbonyl (C=O) groups is 2. The lowest BCUT2D eigenvalue weighted by Gasteiger charge is -2.14. The van der Waals surface area contributed by atoms with Gasteiger partial charge in [-0.1, -0.05) is 15.9 Å². The third kappa shape index (κ3) is 4.19. The standard InChI is InChI=1S/C22H20BrN5O2S/c1-24-19(29)13-4-8-15(9-5-13)25-20(30)18-12-17-21(31-18)28(22(26-17)27(2)3)16-10-6-14(23)7-11-16/h4-12H,1-3H3,(H,24,29)(H,25,30). The van der Waals surface area contributed by atoms with Crippen molar-refractivity contribution in [2.24, 2.45) is 0 Å². The van der Waals surface area contributed by atoms with Crippen molar-refractivity contribution in [3.05, 3.63) is 69.5 Å². The van der Waals surface area contributed by atoms with E-state index >= 15 is 0 Å². The van der Waals surface area contributed by atoms with Gasteiger partial charge in [0.25, 0.3) is 11.8 Å². The van der Waals surface area contributed by atoms with Crippen molar-refractivity contribution in [2.45, 2.75) is 0 Å². The summed E-state index contributed by atoms with van der Waals surface area (Å²) >= 11 is 4.86. The SMILES string of the molecule is CNC(=O)c1ccc(NC(=O)c2cc3nc(N(C)C)n(-c4ccc(Br)cc4)c3s2)cc1. The Labute approximate surface area is 191 Å². The van der Waals surface area contributed by atoms with Gasteiger partial charge in [0, 0.05) is 42.6 Å². The van der Waals surface area contributed by atoms with Gasteiger partial charge in [0.2, 0.25) is 5.95 Å². The molecule has 2 amide bonds. The van der Waals surface area contributed by atoms with Gasteiger partial charge in [0.15, 0.2) is 0 Å². The quantitative estimate of drug-likeness (QED) is 0.424. The molecule has 0 aliphatic heterocycles. The van der Waals surface area contributed by atoms with Crippen molar-refractivity contribution in [2.75, 3.05) is 31.4 Å². The number of benzene rings is 2. The average molecular weight is 498 g/mol. The summed E-state index contributed by atoms with van der Waals surface area (Å²) in [5.74, 6) is 0.403. The fourth-order valence-electron chi connectivity index (χ4n) is 3.14. The molecule has 0 fully saturated rings. The Morgan fingerprint density at radius 1 is 1.03 bits per heavy atom. The fourth-order valence-corrected chi connectivity index (χ4v) is 4.41. The molecule has 4 aromatic rings. The third-order valence-corrected chi connectivity index (χ3v) is 6.29. The van der Waals surface area contributed by atoms with Crippen LogP contribution in [0.2, 0.25) is 0 Å². The number of amides is 2. The lowest BCUT2D eigenvalue weighted by molar-refractivity contribution is 0.0962. The number of nitrogens with one attached hydrogen (secondary N) is 2. The first-order valence-corrected chi connectivity index (χ1v) is 11.1. The summed E-state index contributed by atoms with van der Waals surface area (Å²) in [6.45, 7) is 0. The molecule has 2 heterocycles. The Kier molecular flexibility index (Phi) is 5.79. The van der Waals surface area contributed by atoms with Gasteiger partial charge < -0.3 is 15.5 Å². The first kappa shape index (κ1) is 21.1. The highest BCUT2D eigenvalue weighted by Crippen LogP contribution is 2.33. The maximum atomic E-state index is 12.8. The second-order valence-electron chi connectivity index (χ2n) is 7.03. The van der Waals surface area contributed by atoms with Crippen LogP contribution in [0.5, 0.6) is 0 Å². The number of imidazole rings is 1. The molecule has 9 heteroatoms. The second kappa shape index (κ2) is 8.52. The molecule has 0 radical (unpaired) electrons. The maximum Gasteiger partial charge on any atom is 0.265 e.